The number of amides is 1. The van der Waals surface area contributed by atoms with Crippen LogP contribution >= 0.6 is 0 Å². The number of hydrogen-bond acceptors (Lipinski definition) is 6. The Balaban J connectivity index is 1.92. The van der Waals surface area contributed by atoms with Crippen molar-refractivity contribution in [1.29, 1.82) is 0 Å². The first-order valence-electron chi connectivity index (χ1n) is 11.7. The highest BCUT2D eigenvalue weighted by Crippen LogP contribution is 2.42. The van der Waals surface area contributed by atoms with E-state index >= 15 is 0 Å². The number of aliphatic hydroxyl groups excluding tert-OH is 1. The molecule has 0 bridgehead atoms. The molecule has 2 aromatic carbocycles. The van der Waals surface area contributed by atoms with Crippen LogP contribution in [0.4, 0.5) is 0 Å². The van der Waals surface area contributed by atoms with Crippen molar-refractivity contribution in [2.24, 2.45) is 0 Å². The fourth-order valence-electron chi connectivity index (χ4n) is 4.35. The van der Waals surface area contributed by atoms with Crippen LogP contribution in [-0.4, -0.2) is 40.9 Å². The molecule has 1 fully saturated rings. The zero-order valence-corrected chi connectivity index (χ0v) is 21.1. The van der Waals surface area contributed by atoms with Gasteiger partial charge in [-0.25, -0.2) is 0 Å². The van der Waals surface area contributed by atoms with Gasteiger partial charge in [0.25, 0.3) is 11.7 Å². The van der Waals surface area contributed by atoms with Gasteiger partial charge >= 0.3 is 0 Å². The van der Waals surface area contributed by atoms with E-state index in [4.69, 9.17) is 9.47 Å². The average Bonchev–Trinajstić information content (AvgIpc) is 3.13. The Morgan fingerprint density at radius 1 is 1.00 bits per heavy atom. The molecule has 0 aliphatic carbocycles. The van der Waals surface area contributed by atoms with Crippen LogP contribution in [-0.2, 0) is 21.5 Å². The lowest BCUT2D eigenvalue weighted by atomic mass is 9.85. The van der Waals surface area contributed by atoms with Crippen LogP contribution in [0.5, 0.6) is 11.5 Å². The maximum Gasteiger partial charge on any atom is 0.296 e. The first-order chi connectivity index (χ1) is 17.2. The first-order valence-corrected chi connectivity index (χ1v) is 11.7. The average molecular weight is 487 g/mol. The highest BCUT2D eigenvalue weighted by molar-refractivity contribution is 6.46. The second-order valence-electron chi connectivity index (χ2n) is 9.69. The van der Waals surface area contributed by atoms with Crippen molar-refractivity contribution in [3.8, 4) is 11.5 Å². The summed E-state index contributed by atoms with van der Waals surface area (Å²) >= 11 is 0. The SMILES string of the molecule is COc1ccc(C2/C(=C(\O)c3cc(C(C)(C)C)ccc3OC)C(=O)C(=O)N2Cc2ccccn2)cc1. The van der Waals surface area contributed by atoms with Gasteiger partial charge in [-0.15, -0.1) is 0 Å². The number of nitrogens with zero attached hydrogens (tertiary/aromatic N) is 2. The van der Waals surface area contributed by atoms with Crippen molar-refractivity contribution >= 4 is 17.4 Å². The number of benzene rings is 2. The van der Waals surface area contributed by atoms with Gasteiger partial charge in [-0.3, -0.25) is 14.6 Å². The summed E-state index contributed by atoms with van der Waals surface area (Å²) in [6.45, 7) is 6.28. The quantitative estimate of drug-likeness (QED) is 0.299. The Morgan fingerprint density at radius 2 is 1.72 bits per heavy atom. The van der Waals surface area contributed by atoms with E-state index in [1.54, 1.807) is 55.8 Å². The van der Waals surface area contributed by atoms with Gasteiger partial charge in [-0.2, -0.15) is 0 Å². The number of likely N-dealkylation sites (tertiary alicyclic amines) is 1. The predicted octanol–water partition coefficient (Wildman–Crippen LogP) is 5.02. The third-order valence-electron chi connectivity index (χ3n) is 6.35. The minimum absolute atomic E-state index is 0.00505. The second kappa shape index (κ2) is 9.85. The molecule has 1 saturated heterocycles. The minimum Gasteiger partial charge on any atom is -0.507 e. The molecule has 1 aliphatic heterocycles. The monoisotopic (exact) mass is 486 g/mol. The van der Waals surface area contributed by atoms with Crippen molar-refractivity contribution in [3.05, 3.63) is 94.8 Å². The van der Waals surface area contributed by atoms with Crippen LogP contribution in [0.25, 0.3) is 5.76 Å². The highest BCUT2D eigenvalue weighted by Gasteiger charge is 2.46. The molecule has 2 heterocycles. The molecular weight excluding hydrogens is 456 g/mol. The second-order valence-corrected chi connectivity index (χ2v) is 9.69. The maximum atomic E-state index is 13.4. The Morgan fingerprint density at radius 3 is 2.31 bits per heavy atom. The van der Waals surface area contributed by atoms with E-state index in [1.807, 2.05) is 18.2 Å². The zero-order chi connectivity index (χ0) is 26.0. The van der Waals surface area contributed by atoms with Crippen molar-refractivity contribution < 1.29 is 24.2 Å². The van der Waals surface area contributed by atoms with Gasteiger partial charge in [0.05, 0.1) is 43.6 Å². The van der Waals surface area contributed by atoms with Gasteiger partial charge in [0.15, 0.2) is 0 Å². The number of aliphatic hydroxyl groups is 1. The normalized spacial score (nSPS) is 17.4. The molecule has 4 rings (SSSR count). The first kappa shape index (κ1) is 25.0. The third-order valence-corrected chi connectivity index (χ3v) is 6.35. The van der Waals surface area contributed by atoms with Gasteiger partial charge in [0.1, 0.15) is 17.3 Å². The third kappa shape index (κ3) is 4.69. The number of ether oxygens (including phenoxy) is 2. The molecule has 1 aliphatic rings. The summed E-state index contributed by atoms with van der Waals surface area (Å²) in [5, 5.41) is 11.6. The molecule has 1 N–H and O–H groups in total. The summed E-state index contributed by atoms with van der Waals surface area (Å²) in [7, 11) is 3.07. The van der Waals surface area contributed by atoms with Gasteiger partial charge < -0.3 is 19.5 Å². The summed E-state index contributed by atoms with van der Waals surface area (Å²) in [5.74, 6) is -0.688. The van der Waals surface area contributed by atoms with Crippen molar-refractivity contribution in [1.82, 2.24) is 9.88 Å². The highest BCUT2D eigenvalue weighted by atomic mass is 16.5. The minimum atomic E-state index is -0.819. The van der Waals surface area contributed by atoms with E-state index in [2.05, 4.69) is 25.8 Å². The van der Waals surface area contributed by atoms with E-state index < -0.39 is 17.7 Å². The van der Waals surface area contributed by atoms with E-state index in [9.17, 15) is 14.7 Å². The maximum absolute atomic E-state index is 13.4. The van der Waals surface area contributed by atoms with Crippen LogP contribution in [0.1, 0.15) is 49.2 Å². The molecular formula is C29H30N2O5. The van der Waals surface area contributed by atoms with Crippen molar-refractivity contribution in [3.63, 3.8) is 0 Å². The summed E-state index contributed by atoms with van der Waals surface area (Å²) in [6, 6.07) is 17.2. The fraction of sp³-hybridized carbons (Fsp3) is 0.276. The van der Waals surface area contributed by atoms with E-state index in [0.717, 1.165) is 5.56 Å². The standard InChI is InChI=1S/C29H30N2O5/c1-29(2,3)19-11-14-23(36-5)22(16-19)26(32)24-25(18-9-12-21(35-4)13-10-18)31(28(34)27(24)33)17-20-8-6-7-15-30-20/h6-16,25,32H,17H2,1-5H3/b26-24+. The molecule has 0 spiro atoms. The molecule has 0 saturated carbocycles. The summed E-state index contributed by atoms with van der Waals surface area (Å²) in [4.78, 5) is 32.5. The predicted molar refractivity (Wildman–Crippen MR) is 137 cm³/mol. The van der Waals surface area contributed by atoms with Gasteiger partial charge in [0.2, 0.25) is 0 Å². The summed E-state index contributed by atoms with van der Waals surface area (Å²) < 4.78 is 10.8. The van der Waals surface area contributed by atoms with E-state index in [-0.39, 0.29) is 23.3 Å². The Bertz CT molecular complexity index is 1310. The van der Waals surface area contributed by atoms with Crippen LogP contribution < -0.4 is 9.47 Å². The molecule has 1 unspecified atom stereocenters. The van der Waals surface area contributed by atoms with E-state index in [0.29, 0.717) is 28.3 Å². The number of carbonyl (C=O) groups is 2. The number of Topliss-reactive ketones (excluding diaryl/α,β-unsaturated/α-hetero) is 1. The number of rotatable bonds is 6. The lowest BCUT2D eigenvalue weighted by Crippen LogP contribution is -2.29. The van der Waals surface area contributed by atoms with Crippen LogP contribution in [0, 0.1) is 0 Å². The van der Waals surface area contributed by atoms with Crippen molar-refractivity contribution in [2.45, 2.75) is 38.8 Å². The Labute approximate surface area is 211 Å². The van der Waals surface area contributed by atoms with E-state index in [1.165, 1.54) is 12.0 Å². The molecule has 0 radical (unpaired) electrons. The summed E-state index contributed by atoms with van der Waals surface area (Å²) in [5.41, 5.74) is 2.41. The number of ketones is 1. The molecule has 186 valence electrons. The van der Waals surface area contributed by atoms with Crippen LogP contribution in [0.2, 0.25) is 0 Å². The zero-order valence-electron chi connectivity index (χ0n) is 21.1. The number of hydrogen-bond donors (Lipinski definition) is 1. The molecule has 1 aromatic heterocycles. The molecule has 36 heavy (non-hydrogen) atoms. The molecule has 1 atom stereocenters. The molecule has 7 nitrogen and oxygen atoms in total. The number of carbonyl (C=O) groups excluding carboxylic acids is 2. The Kier molecular flexibility index (Phi) is 6.84. The number of pyridine rings is 1. The van der Waals surface area contributed by atoms with Crippen LogP contribution in [0.3, 0.4) is 0 Å². The number of aromatic nitrogens is 1. The van der Waals surface area contributed by atoms with Crippen molar-refractivity contribution in [2.75, 3.05) is 14.2 Å². The largest absolute Gasteiger partial charge is 0.507 e. The number of methoxy groups -OCH3 is 2. The lowest BCUT2D eigenvalue weighted by Gasteiger charge is -2.26. The lowest BCUT2D eigenvalue weighted by molar-refractivity contribution is -0.140. The van der Waals surface area contributed by atoms with Gasteiger partial charge in [0, 0.05) is 6.20 Å². The Hall–Kier alpha value is -4.13. The van der Waals surface area contributed by atoms with Gasteiger partial charge in [-0.05, 0) is 52.9 Å². The molecule has 7 heteroatoms. The van der Waals surface area contributed by atoms with Crippen LogP contribution in [0.15, 0.2) is 72.4 Å². The molecule has 1 amide bonds. The van der Waals surface area contributed by atoms with Gasteiger partial charge in [-0.1, -0.05) is 45.0 Å². The fourth-order valence-corrected chi connectivity index (χ4v) is 4.35. The molecule has 3 aromatic rings. The topological polar surface area (TPSA) is 89.0 Å². The smallest absolute Gasteiger partial charge is 0.296 e. The summed E-state index contributed by atoms with van der Waals surface area (Å²) in [6.07, 6.45) is 1.64.